The third-order valence-electron chi connectivity index (χ3n) is 2.71. The van der Waals surface area contributed by atoms with Gasteiger partial charge in [0.05, 0.1) is 11.7 Å². The third kappa shape index (κ3) is 1.30. The average Bonchev–Trinajstić information content (AvgIpc) is 2.59. The number of hydrogen-bond donors (Lipinski definition) is 1. The van der Waals surface area contributed by atoms with Crippen LogP contribution in [0.2, 0.25) is 0 Å². The quantitative estimate of drug-likeness (QED) is 0.779. The molecule has 1 aromatic carbocycles. The van der Waals surface area contributed by atoms with E-state index in [1.807, 2.05) is 6.07 Å². The fourth-order valence-electron chi connectivity index (χ4n) is 2.06. The molecule has 14 heavy (non-hydrogen) atoms. The van der Waals surface area contributed by atoms with E-state index < -0.39 is 5.97 Å². The zero-order valence-corrected chi connectivity index (χ0v) is 7.99. The minimum atomic E-state index is -0.870. The molecule has 2 rings (SSSR count). The molecule has 0 bridgehead atoms. The highest BCUT2D eigenvalue weighted by molar-refractivity contribution is 5.90. The van der Waals surface area contributed by atoms with Crippen LogP contribution in [0.3, 0.4) is 0 Å². The highest BCUT2D eigenvalue weighted by Gasteiger charge is 2.27. The molecule has 1 aromatic rings. The van der Waals surface area contributed by atoms with Gasteiger partial charge in [0.2, 0.25) is 0 Å². The van der Waals surface area contributed by atoms with E-state index in [0.29, 0.717) is 5.56 Å². The van der Waals surface area contributed by atoms with Crippen molar-refractivity contribution < 1.29 is 14.6 Å². The summed E-state index contributed by atoms with van der Waals surface area (Å²) < 4.78 is 5.27. The van der Waals surface area contributed by atoms with Crippen molar-refractivity contribution in [2.24, 2.45) is 0 Å². The molecule has 1 atom stereocenters. The van der Waals surface area contributed by atoms with E-state index in [0.717, 1.165) is 24.0 Å². The summed E-state index contributed by atoms with van der Waals surface area (Å²) in [6, 6.07) is 5.40. The van der Waals surface area contributed by atoms with E-state index in [9.17, 15) is 4.79 Å². The Morgan fingerprint density at radius 3 is 3.00 bits per heavy atom. The first-order valence-corrected chi connectivity index (χ1v) is 4.62. The van der Waals surface area contributed by atoms with Gasteiger partial charge in [0.1, 0.15) is 0 Å². The predicted molar refractivity (Wildman–Crippen MR) is 51.5 cm³/mol. The molecule has 0 radical (unpaired) electrons. The SMILES string of the molecule is COC1CCc2cccc(C(=O)O)c21. The Kier molecular flexibility index (Phi) is 2.25. The van der Waals surface area contributed by atoms with Crippen molar-refractivity contribution in [2.45, 2.75) is 18.9 Å². The summed E-state index contributed by atoms with van der Waals surface area (Å²) in [4.78, 5) is 11.0. The van der Waals surface area contributed by atoms with Crippen LogP contribution in [0.1, 0.15) is 34.0 Å². The number of fused-ring (bicyclic) bond motifs is 1. The molecule has 3 heteroatoms. The number of aryl methyl sites for hydroxylation is 1. The number of aromatic carboxylic acids is 1. The molecule has 1 aliphatic rings. The van der Waals surface area contributed by atoms with Crippen LogP contribution in [0.4, 0.5) is 0 Å². The van der Waals surface area contributed by atoms with Gasteiger partial charge < -0.3 is 9.84 Å². The first-order chi connectivity index (χ1) is 6.74. The molecule has 1 unspecified atom stereocenters. The van der Waals surface area contributed by atoms with E-state index >= 15 is 0 Å². The molecular formula is C11H12O3. The molecule has 1 N–H and O–H groups in total. The molecule has 1 aliphatic carbocycles. The maximum absolute atomic E-state index is 11.0. The van der Waals surface area contributed by atoms with E-state index in [2.05, 4.69) is 0 Å². The Hall–Kier alpha value is -1.35. The smallest absolute Gasteiger partial charge is 0.336 e. The Morgan fingerprint density at radius 1 is 1.57 bits per heavy atom. The van der Waals surface area contributed by atoms with Gasteiger partial charge in [-0.1, -0.05) is 12.1 Å². The van der Waals surface area contributed by atoms with E-state index in [1.54, 1.807) is 19.2 Å². The van der Waals surface area contributed by atoms with Crippen LogP contribution in [0.25, 0.3) is 0 Å². The average molecular weight is 192 g/mol. The van der Waals surface area contributed by atoms with Crippen LogP contribution < -0.4 is 0 Å². The summed E-state index contributed by atoms with van der Waals surface area (Å²) in [5, 5.41) is 9.01. The predicted octanol–water partition coefficient (Wildman–Crippen LogP) is 2.02. The largest absolute Gasteiger partial charge is 0.478 e. The Morgan fingerprint density at radius 2 is 2.36 bits per heavy atom. The molecular weight excluding hydrogens is 180 g/mol. The van der Waals surface area contributed by atoms with Crippen molar-refractivity contribution in [3.05, 3.63) is 34.9 Å². The van der Waals surface area contributed by atoms with Gasteiger partial charge in [0.25, 0.3) is 0 Å². The lowest BCUT2D eigenvalue weighted by molar-refractivity contribution is 0.0680. The minimum absolute atomic E-state index is 0.0442. The fraction of sp³-hybridized carbons (Fsp3) is 0.364. The number of carboxylic acids is 1. The third-order valence-corrected chi connectivity index (χ3v) is 2.71. The van der Waals surface area contributed by atoms with E-state index in [1.165, 1.54) is 0 Å². The van der Waals surface area contributed by atoms with Crippen LogP contribution in [0.5, 0.6) is 0 Å². The minimum Gasteiger partial charge on any atom is -0.478 e. The highest BCUT2D eigenvalue weighted by Crippen LogP contribution is 2.35. The standard InChI is InChI=1S/C11H12O3/c1-14-9-6-5-7-3-2-4-8(10(7)9)11(12)13/h2-4,9H,5-6H2,1H3,(H,12,13). The molecule has 0 saturated carbocycles. The van der Waals surface area contributed by atoms with Crippen molar-refractivity contribution in [1.29, 1.82) is 0 Å². The first-order valence-electron chi connectivity index (χ1n) is 4.62. The molecule has 0 heterocycles. The van der Waals surface area contributed by atoms with Crippen LogP contribution >= 0.6 is 0 Å². The Labute approximate surface area is 82.3 Å². The van der Waals surface area contributed by atoms with Crippen LogP contribution in [0, 0.1) is 0 Å². The van der Waals surface area contributed by atoms with Crippen LogP contribution in [0.15, 0.2) is 18.2 Å². The molecule has 0 fully saturated rings. The van der Waals surface area contributed by atoms with Gasteiger partial charge in [0.15, 0.2) is 0 Å². The summed E-state index contributed by atoms with van der Waals surface area (Å²) in [5.74, 6) is -0.870. The lowest BCUT2D eigenvalue weighted by Gasteiger charge is -2.11. The number of ether oxygens (including phenoxy) is 1. The van der Waals surface area contributed by atoms with Crippen molar-refractivity contribution in [1.82, 2.24) is 0 Å². The van der Waals surface area contributed by atoms with Gasteiger partial charge in [-0.3, -0.25) is 0 Å². The molecule has 0 amide bonds. The molecule has 0 aliphatic heterocycles. The van der Waals surface area contributed by atoms with E-state index in [-0.39, 0.29) is 6.10 Å². The summed E-state index contributed by atoms with van der Waals surface area (Å²) in [5.41, 5.74) is 2.35. The second-order valence-electron chi connectivity index (χ2n) is 3.45. The monoisotopic (exact) mass is 192 g/mol. The Bertz CT molecular complexity index is 371. The van der Waals surface area contributed by atoms with Gasteiger partial charge in [-0.2, -0.15) is 0 Å². The zero-order chi connectivity index (χ0) is 10.1. The lowest BCUT2D eigenvalue weighted by atomic mass is 10.0. The second-order valence-corrected chi connectivity index (χ2v) is 3.45. The van der Waals surface area contributed by atoms with Gasteiger partial charge in [-0.05, 0) is 30.0 Å². The van der Waals surface area contributed by atoms with Crippen molar-refractivity contribution in [2.75, 3.05) is 7.11 Å². The van der Waals surface area contributed by atoms with Crippen LogP contribution in [-0.2, 0) is 11.2 Å². The van der Waals surface area contributed by atoms with Crippen molar-refractivity contribution >= 4 is 5.97 Å². The first kappa shape index (κ1) is 9.21. The summed E-state index contributed by atoms with van der Waals surface area (Å²) in [7, 11) is 1.62. The van der Waals surface area contributed by atoms with Gasteiger partial charge in [-0.25, -0.2) is 4.79 Å². The lowest BCUT2D eigenvalue weighted by Crippen LogP contribution is -2.06. The number of carbonyl (C=O) groups is 1. The number of rotatable bonds is 2. The molecule has 3 nitrogen and oxygen atoms in total. The Balaban J connectivity index is 2.54. The number of carboxylic acid groups (broad SMARTS) is 1. The molecule has 74 valence electrons. The van der Waals surface area contributed by atoms with Gasteiger partial charge in [-0.15, -0.1) is 0 Å². The summed E-state index contributed by atoms with van der Waals surface area (Å²) in [6.45, 7) is 0. The number of benzene rings is 1. The maximum atomic E-state index is 11.0. The van der Waals surface area contributed by atoms with E-state index in [4.69, 9.17) is 9.84 Å². The van der Waals surface area contributed by atoms with Crippen molar-refractivity contribution in [3.8, 4) is 0 Å². The number of methoxy groups -OCH3 is 1. The zero-order valence-electron chi connectivity index (χ0n) is 7.99. The van der Waals surface area contributed by atoms with Gasteiger partial charge in [0, 0.05) is 7.11 Å². The molecule has 0 spiro atoms. The summed E-state index contributed by atoms with van der Waals surface area (Å²) in [6.07, 6.45) is 1.75. The molecule has 0 aromatic heterocycles. The normalized spacial score (nSPS) is 19.4. The fourth-order valence-corrected chi connectivity index (χ4v) is 2.06. The highest BCUT2D eigenvalue weighted by atomic mass is 16.5. The maximum Gasteiger partial charge on any atom is 0.336 e. The van der Waals surface area contributed by atoms with Crippen molar-refractivity contribution in [3.63, 3.8) is 0 Å². The molecule has 0 saturated heterocycles. The number of hydrogen-bond acceptors (Lipinski definition) is 2. The topological polar surface area (TPSA) is 46.5 Å². The second kappa shape index (κ2) is 3.42. The van der Waals surface area contributed by atoms with Gasteiger partial charge >= 0.3 is 5.97 Å². The summed E-state index contributed by atoms with van der Waals surface area (Å²) >= 11 is 0. The van der Waals surface area contributed by atoms with Crippen LogP contribution in [-0.4, -0.2) is 18.2 Å².